The predicted molar refractivity (Wildman–Crippen MR) is 77.2 cm³/mol. The molecule has 0 saturated heterocycles. The summed E-state index contributed by atoms with van der Waals surface area (Å²) >= 11 is 1.97. The summed E-state index contributed by atoms with van der Waals surface area (Å²) in [5.41, 5.74) is 1.46. The molecule has 1 N–H and O–H groups in total. The number of hydrogen-bond acceptors (Lipinski definition) is 4. The summed E-state index contributed by atoms with van der Waals surface area (Å²) in [6.45, 7) is 1.94. The minimum Gasteiger partial charge on any atom is -0.310 e. The van der Waals surface area contributed by atoms with Gasteiger partial charge in [-0.1, -0.05) is 23.4 Å². The minimum absolute atomic E-state index is 0.508. The molecule has 2 aromatic rings. The van der Waals surface area contributed by atoms with E-state index in [1.807, 2.05) is 22.6 Å². The molecule has 0 amide bonds. The van der Waals surface area contributed by atoms with Gasteiger partial charge < -0.3 is 5.32 Å². The zero-order valence-corrected chi connectivity index (χ0v) is 11.6. The van der Waals surface area contributed by atoms with E-state index in [2.05, 4.69) is 39.9 Å². The molecule has 0 aliphatic carbocycles. The first-order valence-corrected chi connectivity index (χ1v) is 7.71. The maximum atomic E-state index is 3.97. The Hall–Kier alpha value is -1.33. The smallest absolute Gasteiger partial charge is 0.0692 e. The number of nitrogens with one attached hydrogen (secondary N) is 1. The van der Waals surface area contributed by atoms with E-state index in [4.69, 9.17) is 0 Å². The van der Waals surface area contributed by atoms with Crippen molar-refractivity contribution in [1.29, 1.82) is 0 Å². The van der Waals surface area contributed by atoms with Crippen LogP contribution in [0.3, 0.4) is 0 Å². The molecule has 1 aliphatic rings. The quantitative estimate of drug-likeness (QED) is 0.851. The fraction of sp³-hybridized carbons (Fsp3) is 0.429. The Morgan fingerprint density at radius 3 is 3.21 bits per heavy atom. The van der Waals surface area contributed by atoms with E-state index in [0.717, 1.165) is 19.5 Å². The van der Waals surface area contributed by atoms with Crippen molar-refractivity contribution in [3.63, 3.8) is 0 Å². The molecular formula is C14H18N4S. The SMILES string of the molecule is c1ccc2c(c1)SCCC2NCCCn1ccnn1. The highest BCUT2D eigenvalue weighted by Gasteiger charge is 2.19. The van der Waals surface area contributed by atoms with Crippen molar-refractivity contribution in [1.82, 2.24) is 20.3 Å². The molecule has 19 heavy (non-hydrogen) atoms. The average Bonchev–Trinajstić information content (AvgIpc) is 2.97. The molecule has 4 nitrogen and oxygen atoms in total. The lowest BCUT2D eigenvalue weighted by atomic mass is 10.0. The first kappa shape index (κ1) is 12.7. The fourth-order valence-corrected chi connectivity index (χ4v) is 3.55. The Labute approximate surface area is 117 Å². The van der Waals surface area contributed by atoms with E-state index in [0.29, 0.717) is 6.04 Å². The van der Waals surface area contributed by atoms with Crippen molar-refractivity contribution in [2.24, 2.45) is 0 Å². The van der Waals surface area contributed by atoms with E-state index in [1.54, 1.807) is 6.20 Å². The molecular weight excluding hydrogens is 256 g/mol. The van der Waals surface area contributed by atoms with Crippen LogP contribution < -0.4 is 5.32 Å². The largest absolute Gasteiger partial charge is 0.310 e. The number of nitrogens with zero attached hydrogens (tertiary/aromatic N) is 3. The van der Waals surface area contributed by atoms with Gasteiger partial charge in [-0.3, -0.25) is 4.68 Å². The van der Waals surface area contributed by atoms with E-state index < -0.39 is 0 Å². The molecule has 1 atom stereocenters. The predicted octanol–water partition coefficient (Wildman–Crippen LogP) is 2.49. The van der Waals surface area contributed by atoms with Gasteiger partial charge in [0.2, 0.25) is 0 Å². The summed E-state index contributed by atoms with van der Waals surface area (Å²) in [6.07, 6.45) is 5.93. The monoisotopic (exact) mass is 274 g/mol. The Balaban J connectivity index is 1.51. The summed E-state index contributed by atoms with van der Waals surface area (Å²) < 4.78 is 1.88. The standard InChI is InChI=1S/C14H18N4S/c1-2-5-14-12(4-1)13(6-11-19-14)15-7-3-9-18-10-8-16-17-18/h1-2,4-5,8,10,13,15H,3,6-7,9,11H2. The third kappa shape index (κ3) is 3.16. The lowest BCUT2D eigenvalue weighted by molar-refractivity contribution is 0.470. The van der Waals surface area contributed by atoms with Crippen LogP contribution in [0.4, 0.5) is 0 Å². The van der Waals surface area contributed by atoms with Gasteiger partial charge >= 0.3 is 0 Å². The molecule has 0 saturated carbocycles. The molecule has 0 bridgehead atoms. The maximum Gasteiger partial charge on any atom is 0.0692 e. The molecule has 1 aliphatic heterocycles. The van der Waals surface area contributed by atoms with E-state index in [1.165, 1.54) is 22.6 Å². The highest BCUT2D eigenvalue weighted by Crippen LogP contribution is 2.35. The van der Waals surface area contributed by atoms with Gasteiger partial charge in [-0.25, -0.2) is 0 Å². The zero-order chi connectivity index (χ0) is 12.9. The second-order valence-corrected chi connectivity index (χ2v) is 5.84. The molecule has 0 radical (unpaired) electrons. The third-order valence-corrected chi connectivity index (χ3v) is 4.51. The van der Waals surface area contributed by atoms with Crippen molar-refractivity contribution in [3.8, 4) is 0 Å². The van der Waals surface area contributed by atoms with Crippen LogP contribution in [0.25, 0.3) is 0 Å². The van der Waals surface area contributed by atoms with Gasteiger partial charge in [0.05, 0.1) is 6.20 Å². The molecule has 1 aromatic carbocycles. The molecule has 3 rings (SSSR count). The Morgan fingerprint density at radius 1 is 1.37 bits per heavy atom. The average molecular weight is 274 g/mol. The van der Waals surface area contributed by atoms with Crippen molar-refractivity contribution in [2.75, 3.05) is 12.3 Å². The summed E-state index contributed by atoms with van der Waals surface area (Å²) in [5.74, 6) is 1.21. The van der Waals surface area contributed by atoms with Crippen LogP contribution in [-0.4, -0.2) is 27.3 Å². The topological polar surface area (TPSA) is 42.7 Å². The van der Waals surface area contributed by atoms with Crippen molar-refractivity contribution >= 4 is 11.8 Å². The van der Waals surface area contributed by atoms with Crippen LogP contribution in [0.5, 0.6) is 0 Å². The molecule has 2 heterocycles. The molecule has 1 unspecified atom stereocenters. The van der Waals surface area contributed by atoms with Crippen LogP contribution in [0.2, 0.25) is 0 Å². The van der Waals surface area contributed by atoms with Crippen molar-refractivity contribution in [2.45, 2.75) is 30.3 Å². The summed E-state index contributed by atoms with van der Waals surface area (Å²) in [5, 5.41) is 11.4. The fourth-order valence-electron chi connectivity index (χ4n) is 2.42. The molecule has 5 heteroatoms. The Morgan fingerprint density at radius 2 is 2.32 bits per heavy atom. The zero-order valence-electron chi connectivity index (χ0n) is 10.8. The summed E-state index contributed by atoms with van der Waals surface area (Å²) in [4.78, 5) is 1.43. The van der Waals surface area contributed by atoms with Gasteiger partial charge in [0, 0.05) is 23.7 Å². The second kappa shape index (κ2) is 6.21. The van der Waals surface area contributed by atoms with Crippen LogP contribution in [-0.2, 0) is 6.54 Å². The van der Waals surface area contributed by atoms with E-state index in [-0.39, 0.29) is 0 Å². The third-order valence-electron chi connectivity index (χ3n) is 3.39. The minimum atomic E-state index is 0.508. The first-order valence-electron chi connectivity index (χ1n) is 6.73. The highest BCUT2D eigenvalue weighted by atomic mass is 32.2. The molecule has 0 spiro atoms. The second-order valence-electron chi connectivity index (χ2n) is 4.70. The lowest BCUT2D eigenvalue weighted by Gasteiger charge is -2.26. The Kier molecular flexibility index (Phi) is 4.15. The van der Waals surface area contributed by atoms with Crippen molar-refractivity contribution < 1.29 is 0 Å². The van der Waals surface area contributed by atoms with E-state index in [9.17, 15) is 0 Å². The van der Waals surface area contributed by atoms with Gasteiger partial charge in [0.25, 0.3) is 0 Å². The summed E-state index contributed by atoms with van der Waals surface area (Å²) in [7, 11) is 0. The number of aromatic nitrogens is 3. The number of benzene rings is 1. The van der Waals surface area contributed by atoms with Gasteiger partial charge in [0.1, 0.15) is 0 Å². The Bertz CT molecular complexity index is 512. The number of aryl methyl sites for hydroxylation is 1. The number of thioether (sulfide) groups is 1. The van der Waals surface area contributed by atoms with E-state index >= 15 is 0 Å². The molecule has 1 aromatic heterocycles. The van der Waals surface area contributed by atoms with Gasteiger partial charge in [-0.2, -0.15) is 0 Å². The van der Waals surface area contributed by atoms with Crippen molar-refractivity contribution in [3.05, 3.63) is 42.2 Å². The normalized spacial score (nSPS) is 18.2. The van der Waals surface area contributed by atoms with Crippen LogP contribution >= 0.6 is 11.8 Å². The maximum absolute atomic E-state index is 3.97. The van der Waals surface area contributed by atoms with Crippen LogP contribution in [0, 0.1) is 0 Å². The molecule has 0 fully saturated rings. The first-order chi connectivity index (χ1) is 9.43. The number of hydrogen-bond donors (Lipinski definition) is 1. The summed E-state index contributed by atoms with van der Waals surface area (Å²) in [6, 6.07) is 9.24. The number of rotatable bonds is 5. The van der Waals surface area contributed by atoms with Gasteiger partial charge in [-0.15, -0.1) is 16.9 Å². The van der Waals surface area contributed by atoms with Crippen LogP contribution in [0.15, 0.2) is 41.6 Å². The number of fused-ring (bicyclic) bond motifs is 1. The molecule has 100 valence electrons. The van der Waals surface area contributed by atoms with Gasteiger partial charge in [0.15, 0.2) is 0 Å². The van der Waals surface area contributed by atoms with Gasteiger partial charge in [-0.05, 0) is 36.8 Å². The lowest BCUT2D eigenvalue weighted by Crippen LogP contribution is -2.26. The highest BCUT2D eigenvalue weighted by molar-refractivity contribution is 7.99. The van der Waals surface area contributed by atoms with Crippen LogP contribution in [0.1, 0.15) is 24.4 Å².